The number of carbonyl (C=O) groups excluding carboxylic acids is 1. The third kappa shape index (κ3) is 3.23. The number of amides is 1. The second kappa shape index (κ2) is 6.60. The number of rotatable bonds is 5. The van der Waals surface area contributed by atoms with E-state index in [0.717, 1.165) is 28.9 Å². The van der Waals surface area contributed by atoms with E-state index in [0.29, 0.717) is 6.42 Å². The maximum absolute atomic E-state index is 12.4. The Morgan fingerprint density at radius 3 is 2.91 bits per heavy atom. The first-order chi connectivity index (χ1) is 11.2. The molecule has 1 amide bonds. The molecule has 1 unspecified atom stereocenters. The van der Waals surface area contributed by atoms with E-state index in [1.165, 1.54) is 0 Å². The standard InChI is InChI=1S/C18H20N4O/c1-3-16(14-7-4-8-19-11-14)21-17(23)10-15-12-20-18-13(2)6-5-9-22(15)18/h4-9,11-12,16H,3,10H2,1-2H3,(H,21,23). The normalized spacial score (nSPS) is 12.3. The van der Waals surface area contributed by atoms with Crippen molar-refractivity contribution < 1.29 is 4.79 Å². The van der Waals surface area contributed by atoms with Gasteiger partial charge in [-0.2, -0.15) is 0 Å². The van der Waals surface area contributed by atoms with Crippen molar-refractivity contribution in [1.82, 2.24) is 19.7 Å². The number of pyridine rings is 2. The van der Waals surface area contributed by atoms with Crippen LogP contribution < -0.4 is 5.32 Å². The summed E-state index contributed by atoms with van der Waals surface area (Å²) >= 11 is 0. The van der Waals surface area contributed by atoms with E-state index in [9.17, 15) is 4.79 Å². The summed E-state index contributed by atoms with van der Waals surface area (Å²) in [5.74, 6) is -0.0102. The molecule has 0 saturated heterocycles. The lowest BCUT2D eigenvalue weighted by Gasteiger charge is -2.17. The number of nitrogens with one attached hydrogen (secondary N) is 1. The maximum Gasteiger partial charge on any atom is 0.226 e. The van der Waals surface area contributed by atoms with Gasteiger partial charge >= 0.3 is 0 Å². The molecule has 5 nitrogen and oxygen atoms in total. The topological polar surface area (TPSA) is 59.3 Å². The fourth-order valence-electron chi connectivity index (χ4n) is 2.75. The molecule has 0 aliphatic heterocycles. The number of imidazole rings is 1. The van der Waals surface area contributed by atoms with Gasteiger partial charge in [-0.25, -0.2) is 4.98 Å². The molecule has 1 N–H and O–H groups in total. The monoisotopic (exact) mass is 308 g/mol. The van der Waals surface area contributed by atoms with Crippen LogP contribution in [0.1, 0.15) is 36.2 Å². The van der Waals surface area contributed by atoms with Gasteiger partial charge in [-0.1, -0.05) is 19.1 Å². The summed E-state index contributed by atoms with van der Waals surface area (Å²) in [7, 11) is 0. The minimum atomic E-state index is -0.0166. The number of aryl methyl sites for hydroxylation is 1. The van der Waals surface area contributed by atoms with Crippen LogP contribution in [0.5, 0.6) is 0 Å². The van der Waals surface area contributed by atoms with E-state index in [4.69, 9.17) is 0 Å². The maximum atomic E-state index is 12.4. The van der Waals surface area contributed by atoms with Gasteiger partial charge in [-0.15, -0.1) is 0 Å². The molecule has 3 heterocycles. The highest BCUT2D eigenvalue weighted by Gasteiger charge is 2.15. The molecule has 5 heteroatoms. The van der Waals surface area contributed by atoms with Gasteiger partial charge in [0, 0.05) is 24.8 Å². The molecular weight excluding hydrogens is 288 g/mol. The van der Waals surface area contributed by atoms with E-state index in [1.807, 2.05) is 41.8 Å². The molecular formula is C18H20N4O. The molecule has 118 valence electrons. The minimum Gasteiger partial charge on any atom is -0.349 e. The van der Waals surface area contributed by atoms with E-state index in [-0.39, 0.29) is 11.9 Å². The molecule has 0 bridgehead atoms. The van der Waals surface area contributed by atoms with Crippen LogP contribution in [0.3, 0.4) is 0 Å². The molecule has 0 radical (unpaired) electrons. The fourth-order valence-corrected chi connectivity index (χ4v) is 2.75. The zero-order valence-electron chi connectivity index (χ0n) is 13.4. The average molecular weight is 308 g/mol. The molecule has 0 fully saturated rings. The summed E-state index contributed by atoms with van der Waals surface area (Å²) < 4.78 is 1.97. The van der Waals surface area contributed by atoms with Crippen LogP contribution in [0, 0.1) is 6.92 Å². The first kappa shape index (κ1) is 15.2. The van der Waals surface area contributed by atoms with Gasteiger partial charge in [0.1, 0.15) is 5.65 Å². The van der Waals surface area contributed by atoms with E-state index in [2.05, 4.69) is 22.2 Å². The zero-order chi connectivity index (χ0) is 16.2. The van der Waals surface area contributed by atoms with E-state index < -0.39 is 0 Å². The molecule has 3 rings (SSSR count). The van der Waals surface area contributed by atoms with Gasteiger partial charge in [0.15, 0.2) is 0 Å². The number of carbonyl (C=O) groups is 1. The summed E-state index contributed by atoms with van der Waals surface area (Å²) in [6.45, 7) is 4.07. The van der Waals surface area contributed by atoms with Crippen molar-refractivity contribution in [2.45, 2.75) is 32.7 Å². The van der Waals surface area contributed by atoms with E-state index in [1.54, 1.807) is 18.6 Å². The van der Waals surface area contributed by atoms with Crippen LogP contribution in [0.15, 0.2) is 49.1 Å². The van der Waals surface area contributed by atoms with Crippen molar-refractivity contribution in [1.29, 1.82) is 0 Å². The molecule has 0 saturated carbocycles. The predicted molar refractivity (Wildman–Crippen MR) is 89.0 cm³/mol. The SMILES string of the molecule is CCC(NC(=O)Cc1cnc2c(C)cccn12)c1cccnc1. The Morgan fingerprint density at radius 2 is 2.17 bits per heavy atom. The van der Waals surface area contributed by atoms with Crippen LogP contribution >= 0.6 is 0 Å². The lowest BCUT2D eigenvalue weighted by molar-refractivity contribution is -0.121. The smallest absolute Gasteiger partial charge is 0.226 e. The van der Waals surface area contributed by atoms with Gasteiger partial charge in [-0.05, 0) is 36.6 Å². The van der Waals surface area contributed by atoms with Gasteiger partial charge < -0.3 is 9.72 Å². The summed E-state index contributed by atoms with van der Waals surface area (Å²) in [6.07, 6.45) is 8.37. The molecule has 1 atom stereocenters. The van der Waals surface area contributed by atoms with Crippen LogP contribution in [-0.4, -0.2) is 20.3 Å². The van der Waals surface area contributed by atoms with Gasteiger partial charge in [-0.3, -0.25) is 9.78 Å². The van der Waals surface area contributed by atoms with Crippen LogP contribution in [-0.2, 0) is 11.2 Å². The highest BCUT2D eigenvalue weighted by Crippen LogP contribution is 2.16. The van der Waals surface area contributed by atoms with Crippen molar-refractivity contribution >= 4 is 11.6 Å². The highest BCUT2D eigenvalue weighted by atomic mass is 16.1. The van der Waals surface area contributed by atoms with Gasteiger partial charge in [0.2, 0.25) is 5.91 Å². The highest BCUT2D eigenvalue weighted by molar-refractivity contribution is 5.79. The Hall–Kier alpha value is -2.69. The first-order valence-corrected chi connectivity index (χ1v) is 7.80. The molecule has 0 aromatic carbocycles. The number of hydrogen-bond acceptors (Lipinski definition) is 3. The molecule has 0 aliphatic rings. The van der Waals surface area contributed by atoms with Crippen molar-refractivity contribution in [3.8, 4) is 0 Å². The number of hydrogen-bond donors (Lipinski definition) is 1. The Morgan fingerprint density at radius 1 is 1.30 bits per heavy atom. The average Bonchev–Trinajstić information content (AvgIpc) is 2.98. The Bertz CT molecular complexity index is 810. The lowest BCUT2D eigenvalue weighted by atomic mass is 10.1. The van der Waals surface area contributed by atoms with Crippen LogP contribution in [0.2, 0.25) is 0 Å². The van der Waals surface area contributed by atoms with Gasteiger partial charge in [0.05, 0.1) is 18.2 Å². The summed E-state index contributed by atoms with van der Waals surface area (Å²) in [6, 6.07) is 7.84. The summed E-state index contributed by atoms with van der Waals surface area (Å²) in [4.78, 5) is 20.9. The minimum absolute atomic E-state index is 0.0102. The summed E-state index contributed by atoms with van der Waals surface area (Å²) in [5.41, 5.74) is 3.91. The number of nitrogens with zero attached hydrogens (tertiary/aromatic N) is 3. The number of fused-ring (bicyclic) bond motifs is 1. The quantitative estimate of drug-likeness (QED) is 0.788. The van der Waals surface area contributed by atoms with Crippen molar-refractivity contribution in [2.24, 2.45) is 0 Å². The Kier molecular flexibility index (Phi) is 4.37. The molecule has 0 aliphatic carbocycles. The lowest BCUT2D eigenvalue weighted by Crippen LogP contribution is -2.29. The molecule has 0 spiro atoms. The van der Waals surface area contributed by atoms with E-state index >= 15 is 0 Å². The van der Waals surface area contributed by atoms with Crippen molar-refractivity contribution in [3.63, 3.8) is 0 Å². The second-order valence-electron chi connectivity index (χ2n) is 5.63. The zero-order valence-corrected chi connectivity index (χ0v) is 13.4. The second-order valence-corrected chi connectivity index (χ2v) is 5.63. The summed E-state index contributed by atoms with van der Waals surface area (Å²) in [5, 5.41) is 3.08. The number of aromatic nitrogens is 3. The Balaban J connectivity index is 1.74. The van der Waals surface area contributed by atoms with Crippen LogP contribution in [0.25, 0.3) is 5.65 Å². The van der Waals surface area contributed by atoms with Crippen molar-refractivity contribution in [3.05, 3.63) is 65.9 Å². The third-order valence-corrected chi connectivity index (χ3v) is 3.98. The van der Waals surface area contributed by atoms with Crippen molar-refractivity contribution in [2.75, 3.05) is 0 Å². The third-order valence-electron chi connectivity index (χ3n) is 3.98. The molecule has 23 heavy (non-hydrogen) atoms. The molecule has 3 aromatic rings. The van der Waals surface area contributed by atoms with Crippen LogP contribution in [0.4, 0.5) is 0 Å². The Labute approximate surface area is 135 Å². The molecule has 3 aromatic heterocycles. The predicted octanol–water partition coefficient (Wildman–Crippen LogP) is 2.85. The largest absolute Gasteiger partial charge is 0.349 e. The van der Waals surface area contributed by atoms with Gasteiger partial charge in [0.25, 0.3) is 0 Å². The fraction of sp³-hybridized carbons (Fsp3) is 0.278. The first-order valence-electron chi connectivity index (χ1n) is 7.80.